The van der Waals surface area contributed by atoms with Crippen molar-refractivity contribution in [3.05, 3.63) is 11.1 Å². The molecule has 0 N–H and O–H groups in total. The maximum atomic E-state index is 2.51. The lowest BCUT2D eigenvalue weighted by Gasteiger charge is -2.41. The van der Waals surface area contributed by atoms with Gasteiger partial charge in [0.05, 0.1) is 0 Å². The molecule has 0 amide bonds. The summed E-state index contributed by atoms with van der Waals surface area (Å²) in [6.07, 6.45) is 5.49. The molecule has 1 rings (SSSR count). The number of allylic oxidation sites excluding steroid dienone is 2. The molecule has 1 aliphatic rings. The van der Waals surface area contributed by atoms with Crippen LogP contribution in [0.4, 0.5) is 0 Å². The van der Waals surface area contributed by atoms with E-state index in [4.69, 9.17) is 0 Å². The van der Waals surface area contributed by atoms with Crippen LogP contribution in [0.1, 0.15) is 74.1 Å². The Labute approximate surface area is 109 Å². The summed E-state index contributed by atoms with van der Waals surface area (Å²) in [7, 11) is 0. The molecular formula is C17H32. The van der Waals surface area contributed by atoms with Gasteiger partial charge in [-0.05, 0) is 56.3 Å². The van der Waals surface area contributed by atoms with Crippen molar-refractivity contribution >= 4 is 0 Å². The highest BCUT2D eigenvalue weighted by Gasteiger charge is 2.35. The second-order valence-corrected chi connectivity index (χ2v) is 6.80. The summed E-state index contributed by atoms with van der Waals surface area (Å²) < 4.78 is 0. The first-order valence-corrected chi connectivity index (χ1v) is 7.50. The van der Waals surface area contributed by atoms with Crippen LogP contribution in [-0.4, -0.2) is 0 Å². The molecule has 100 valence electrons. The summed E-state index contributed by atoms with van der Waals surface area (Å²) in [6.45, 7) is 16.9. The Hall–Kier alpha value is -0.260. The Bertz CT molecular complexity index is 286. The van der Waals surface area contributed by atoms with Crippen molar-refractivity contribution in [1.29, 1.82) is 0 Å². The molecule has 0 aliphatic heterocycles. The minimum absolute atomic E-state index is 0.522. The molecular weight excluding hydrogens is 204 g/mol. The maximum absolute atomic E-state index is 2.51. The van der Waals surface area contributed by atoms with Crippen molar-refractivity contribution in [1.82, 2.24) is 0 Å². The van der Waals surface area contributed by atoms with E-state index in [9.17, 15) is 0 Å². The monoisotopic (exact) mass is 236 g/mol. The molecule has 0 spiro atoms. The van der Waals surface area contributed by atoms with Crippen LogP contribution in [-0.2, 0) is 0 Å². The third-order valence-electron chi connectivity index (χ3n) is 5.85. The van der Waals surface area contributed by atoms with Gasteiger partial charge in [0.15, 0.2) is 0 Å². The van der Waals surface area contributed by atoms with Gasteiger partial charge in [-0.2, -0.15) is 0 Å². The molecule has 0 aromatic rings. The lowest BCUT2D eigenvalue weighted by atomic mass is 9.64. The van der Waals surface area contributed by atoms with E-state index in [1.807, 2.05) is 0 Å². The summed E-state index contributed by atoms with van der Waals surface area (Å²) in [5.41, 5.74) is 3.85. The van der Waals surface area contributed by atoms with Gasteiger partial charge >= 0.3 is 0 Å². The first-order valence-electron chi connectivity index (χ1n) is 7.50. The molecule has 4 atom stereocenters. The van der Waals surface area contributed by atoms with Crippen molar-refractivity contribution in [2.75, 3.05) is 0 Å². The summed E-state index contributed by atoms with van der Waals surface area (Å²) in [4.78, 5) is 0. The average Bonchev–Trinajstić information content (AvgIpc) is 2.31. The first kappa shape index (κ1) is 14.8. The molecule has 0 nitrogen and oxygen atoms in total. The highest BCUT2D eigenvalue weighted by Crippen LogP contribution is 2.46. The molecule has 0 bridgehead atoms. The van der Waals surface area contributed by atoms with Crippen LogP contribution >= 0.6 is 0 Å². The van der Waals surface area contributed by atoms with Gasteiger partial charge in [-0.3, -0.25) is 0 Å². The molecule has 0 aromatic heterocycles. The van der Waals surface area contributed by atoms with Gasteiger partial charge in [0.25, 0.3) is 0 Å². The van der Waals surface area contributed by atoms with Gasteiger partial charge in [0, 0.05) is 0 Å². The Morgan fingerprint density at radius 2 is 1.71 bits per heavy atom. The lowest BCUT2D eigenvalue weighted by Crippen LogP contribution is -2.31. The fourth-order valence-corrected chi connectivity index (χ4v) is 3.59. The molecule has 0 fully saturated rings. The van der Waals surface area contributed by atoms with Crippen LogP contribution in [0.2, 0.25) is 0 Å². The smallest absolute Gasteiger partial charge is 0.0178 e. The highest BCUT2D eigenvalue weighted by atomic mass is 14.4. The number of hydrogen-bond donors (Lipinski definition) is 0. The van der Waals surface area contributed by atoms with Crippen LogP contribution in [0.25, 0.3) is 0 Å². The molecule has 0 heterocycles. The summed E-state index contributed by atoms with van der Waals surface area (Å²) in [6, 6.07) is 0. The van der Waals surface area contributed by atoms with E-state index in [-0.39, 0.29) is 0 Å². The normalized spacial score (nSPS) is 40.1. The van der Waals surface area contributed by atoms with Crippen molar-refractivity contribution in [2.45, 2.75) is 74.1 Å². The topological polar surface area (TPSA) is 0 Å². The zero-order chi connectivity index (χ0) is 13.2. The van der Waals surface area contributed by atoms with E-state index in [1.165, 1.54) is 25.7 Å². The van der Waals surface area contributed by atoms with E-state index in [0.29, 0.717) is 5.41 Å². The van der Waals surface area contributed by atoms with Crippen LogP contribution in [0.15, 0.2) is 11.1 Å². The van der Waals surface area contributed by atoms with Crippen LogP contribution in [0.3, 0.4) is 0 Å². The van der Waals surface area contributed by atoms with Crippen LogP contribution in [0, 0.1) is 23.2 Å². The van der Waals surface area contributed by atoms with Crippen molar-refractivity contribution in [3.8, 4) is 0 Å². The summed E-state index contributed by atoms with van der Waals surface area (Å²) in [5, 5.41) is 0. The predicted octanol–water partition coefficient (Wildman–Crippen LogP) is 5.83. The quantitative estimate of drug-likeness (QED) is 0.529. The van der Waals surface area contributed by atoms with E-state index in [2.05, 4.69) is 48.5 Å². The highest BCUT2D eigenvalue weighted by molar-refractivity contribution is 5.19. The zero-order valence-corrected chi connectivity index (χ0v) is 13.1. The first-order chi connectivity index (χ1) is 7.83. The van der Waals surface area contributed by atoms with Gasteiger partial charge in [0.2, 0.25) is 0 Å². The Balaban J connectivity index is 3.09. The van der Waals surface area contributed by atoms with Gasteiger partial charge in [-0.15, -0.1) is 0 Å². The third-order valence-corrected chi connectivity index (χ3v) is 5.85. The zero-order valence-electron chi connectivity index (χ0n) is 13.1. The van der Waals surface area contributed by atoms with Gasteiger partial charge in [-0.1, -0.05) is 52.2 Å². The van der Waals surface area contributed by atoms with E-state index in [1.54, 1.807) is 11.1 Å². The van der Waals surface area contributed by atoms with Crippen LogP contribution in [0.5, 0.6) is 0 Å². The fraction of sp³-hybridized carbons (Fsp3) is 0.882. The molecule has 0 aromatic carbocycles. The lowest BCUT2D eigenvalue weighted by molar-refractivity contribution is 0.159. The molecule has 0 heteroatoms. The minimum atomic E-state index is 0.522. The van der Waals surface area contributed by atoms with E-state index >= 15 is 0 Å². The predicted molar refractivity (Wildman–Crippen MR) is 78.1 cm³/mol. The second kappa shape index (κ2) is 5.59. The Kier molecular flexibility index (Phi) is 4.86. The van der Waals surface area contributed by atoms with Crippen molar-refractivity contribution in [3.63, 3.8) is 0 Å². The Morgan fingerprint density at radius 3 is 2.24 bits per heavy atom. The van der Waals surface area contributed by atoms with Gasteiger partial charge in [-0.25, -0.2) is 0 Å². The van der Waals surface area contributed by atoms with E-state index < -0.39 is 0 Å². The fourth-order valence-electron chi connectivity index (χ4n) is 3.59. The number of hydrogen-bond acceptors (Lipinski definition) is 0. The molecule has 4 unspecified atom stereocenters. The van der Waals surface area contributed by atoms with E-state index in [0.717, 1.165) is 17.8 Å². The van der Waals surface area contributed by atoms with Crippen molar-refractivity contribution < 1.29 is 0 Å². The molecule has 0 saturated carbocycles. The third kappa shape index (κ3) is 2.95. The van der Waals surface area contributed by atoms with Gasteiger partial charge in [0.1, 0.15) is 0 Å². The molecule has 0 saturated heterocycles. The summed E-state index contributed by atoms with van der Waals surface area (Å²) in [5.74, 6) is 2.36. The van der Waals surface area contributed by atoms with Crippen LogP contribution < -0.4 is 0 Å². The standard InChI is InChI=1S/C17H32/c1-8-10-17(7)11-9-12(2)13(3)14(4)15(5)16(17)6/h12-13,16H,8-11H2,1-7H3. The minimum Gasteiger partial charge on any atom is -0.0710 e. The average molecular weight is 236 g/mol. The molecule has 0 radical (unpaired) electrons. The number of rotatable bonds is 2. The maximum Gasteiger partial charge on any atom is -0.0178 e. The summed E-state index contributed by atoms with van der Waals surface area (Å²) >= 11 is 0. The van der Waals surface area contributed by atoms with Gasteiger partial charge < -0.3 is 0 Å². The molecule has 17 heavy (non-hydrogen) atoms. The SMILES string of the molecule is CCCC1(C)CCC(C)C(C)C(C)=C(C)C1C. The van der Waals surface area contributed by atoms with Crippen molar-refractivity contribution in [2.24, 2.45) is 23.2 Å². The molecule has 1 aliphatic carbocycles. The Morgan fingerprint density at radius 1 is 1.12 bits per heavy atom. The second-order valence-electron chi connectivity index (χ2n) is 6.80. The largest absolute Gasteiger partial charge is 0.0710 e.